The summed E-state index contributed by atoms with van der Waals surface area (Å²) in [6.07, 6.45) is 8.80. The van der Waals surface area contributed by atoms with E-state index in [0.717, 1.165) is 23.0 Å². The van der Waals surface area contributed by atoms with Gasteiger partial charge in [0.05, 0.1) is 11.3 Å². The highest BCUT2D eigenvalue weighted by Gasteiger charge is 2.49. The van der Waals surface area contributed by atoms with Crippen molar-refractivity contribution in [2.45, 2.75) is 25.2 Å². The first-order chi connectivity index (χ1) is 11.2. The van der Waals surface area contributed by atoms with E-state index in [1.165, 1.54) is 25.5 Å². The Morgan fingerprint density at radius 2 is 2.13 bits per heavy atom. The Morgan fingerprint density at radius 3 is 2.91 bits per heavy atom. The van der Waals surface area contributed by atoms with Crippen LogP contribution in [0.5, 0.6) is 0 Å². The lowest BCUT2D eigenvalue weighted by molar-refractivity contribution is 0.689. The molecule has 3 aromatic rings. The monoisotopic (exact) mass is 309 g/mol. The van der Waals surface area contributed by atoms with Gasteiger partial charge in [-0.2, -0.15) is 5.10 Å². The van der Waals surface area contributed by atoms with Gasteiger partial charge in [0.1, 0.15) is 0 Å². The molecule has 3 heterocycles. The zero-order chi connectivity index (χ0) is 15.6. The van der Waals surface area contributed by atoms with Gasteiger partial charge >= 0.3 is 5.69 Å². The summed E-state index contributed by atoms with van der Waals surface area (Å²) in [5.41, 5.74) is 2.00. The first kappa shape index (κ1) is 12.8. The third kappa shape index (κ3) is 2.03. The summed E-state index contributed by atoms with van der Waals surface area (Å²) in [6, 6.07) is 1.96. The highest BCUT2D eigenvalue weighted by atomic mass is 16.2. The van der Waals surface area contributed by atoms with Crippen LogP contribution in [0.1, 0.15) is 30.7 Å². The zero-order valence-electron chi connectivity index (χ0n) is 12.3. The molecular formula is C16H15N5O2. The van der Waals surface area contributed by atoms with Crippen LogP contribution < -0.4 is 11.2 Å². The van der Waals surface area contributed by atoms with Crippen molar-refractivity contribution < 1.29 is 0 Å². The lowest BCUT2D eigenvalue weighted by Crippen LogP contribution is -2.23. The van der Waals surface area contributed by atoms with E-state index in [0.29, 0.717) is 17.2 Å². The largest absolute Gasteiger partial charge is 0.325 e. The second-order valence-corrected chi connectivity index (χ2v) is 6.51. The average molecular weight is 309 g/mol. The van der Waals surface area contributed by atoms with Crippen molar-refractivity contribution in [1.29, 1.82) is 0 Å². The van der Waals surface area contributed by atoms with Gasteiger partial charge in [-0.05, 0) is 43.1 Å². The molecule has 0 saturated heterocycles. The number of H-pyrrole nitrogens is 2. The lowest BCUT2D eigenvalue weighted by Gasteiger charge is -2.07. The number of aromatic nitrogens is 5. The van der Waals surface area contributed by atoms with Crippen LogP contribution in [0, 0.1) is 11.8 Å². The molecule has 2 unspecified atom stereocenters. The maximum atomic E-state index is 12.1. The molecule has 5 rings (SSSR count). The maximum Gasteiger partial charge on any atom is 0.325 e. The summed E-state index contributed by atoms with van der Waals surface area (Å²) in [7, 11) is 0. The molecule has 7 nitrogen and oxygen atoms in total. The Balaban J connectivity index is 1.67. The fraction of sp³-hybridized carbons (Fsp3) is 0.375. The van der Waals surface area contributed by atoms with E-state index >= 15 is 0 Å². The van der Waals surface area contributed by atoms with Crippen LogP contribution >= 0.6 is 0 Å². The molecule has 0 aromatic carbocycles. The maximum absolute atomic E-state index is 12.1. The summed E-state index contributed by atoms with van der Waals surface area (Å²) < 4.78 is 1.72. The number of hydrogen-bond donors (Lipinski definition) is 2. The van der Waals surface area contributed by atoms with Gasteiger partial charge in [-0.15, -0.1) is 0 Å². The van der Waals surface area contributed by atoms with Crippen molar-refractivity contribution in [2.24, 2.45) is 11.8 Å². The van der Waals surface area contributed by atoms with Gasteiger partial charge < -0.3 is 4.98 Å². The Labute approximate surface area is 130 Å². The first-order valence-corrected chi connectivity index (χ1v) is 7.87. The second-order valence-electron chi connectivity index (χ2n) is 6.51. The van der Waals surface area contributed by atoms with E-state index in [-0.39, 0.29) is 0 Å². The molecule has 0 spiro atoms. The summed E-state index contributed by atoms with van der Waals surface area (Å²) in [5.74, 6) is 2.12. The van der Waals surface area contributed by atoms with Crippen LogP contribution in [0.2, 0.25) is 0 Å². The third-order valence-corrected chi connectivity index (χ3v) is 4.95. The molecule has 0 bridgehead atoms. The number of aromatic amines is 2. The van der Waals surface area contributed by atoms with E-state index in [2.05, 4.69) is 20.1 Å². The molecule has 23 heavy (non-hydrogen) atoms. The van der Waals surface area contributed by atoms with Crippen molar-refractivity contribution >= 4 is 5.65 Å². The fourth-order valence-corrected chi connectivity index (χ4v) is 3.56. The van der Waals surface area contributed by atoms with Crippen LogP contribution in [-0.4, -0.2) is 24.6 Å². The molecule has 116 valence electrons. The summed E-state index contributed by atoms with van der Waals surface area (Å²) in [5, 5.41) is 4.46. The number of imidazole rings is 1. The van der Waals surface area contributed by atoms with Gasteiger partial charge in [-0.25, -0.2) is 14.3 Å². The zero-order valence-corrected chi connectivity index (χ0v) is 12.3. The lowest BCUT2D eigenvalue weighted by atomic mass is 10.1. The van der Waals surface area contributed by atoms with Crippen molar-refractivity contribution in [3.05, 3.63) is 51.1 Å². The number of nitrogens with zero attached hydrogens (tertiary/aromatic N) is 3. The van der Waals surface area contributed by atoms with Gasteiger partial charge in [-0.3, -0.25) is 9.78 Å². The summed E-state index contributed by atoms with van der Waals surface area (Å²) >= 11 is 0. The SMILES string of the molecule is O=c1[nH]cc(-c2cc(C3CC3C3CC3)c3nccn3n2)c(=O)[nH]1. The molecule has 2 atom stereocenters. The van der Waals surface area contributed by atoms with Gasteiger partial charge in [0.25, 0.3) is 5.56 Å². The minimum atomic E-state index is -0.515. The quantitative estimate of drug-likeness (QED) is 0.762. The number of hydrogen-bond acceptors (Lipinski definition) is 4. The standard InChI is InChI=1S/C16H15N5O2/c22-15-12(7-18-16(23)19-15)13-6-11(10-5-9(10)8-1-2-8)14-17-3-4-21(14)20-13/h3-4,6-10H,1-2,5H2,(H2,18,19,22,23). The number of rotatable bonds is 3. The van der Waals surface area contributed by atoms with Gasteiger partial charge in [0, 0.05) is 24.2 Å². The predicted octanol–water partition coefficient (Wildman–Crippen LogP) is 1.29. The molecule has 2 fully saturated rings. The van der Waals surface area contributed by atoms with Crippen LogP contribution in [0.15, 0.2) is 34.2 Å². The Kier molecular flexibility index (Phi) is 2.45. The van der Waals surface area contributed by atoms with Crippen molar-refractivity contribution in [3.8, 4) is 11.3 Å². The fourth-order valence-electron chi connectivity index (χ4n) is 3.56. The van der Waals surface area contributed by atoms with Crippen LogP contribution in [0.3, 0.4) is 0 Å². The minimum absolute atomic E-state index is 0.366. The minimum Gasteiger partial charge on any atom is -0.313 e. The molecule has 2 saturated carbocycles. The van der Waals surface area contributed by atoms with Crippen LogP contribution in [0.4, 0.5) is 0 Å². The van der Waals surface area contributed by atoms with E-state index in [1.807, 2.05) is 6.07 Å². The summed E-state index contributed by atoms with van der Waals surface area (Å²) in [4.78, 5) is 32.4. The average Bonchev–Trinajstić information content (AvgIpc) is 3.42. The number of nitrogens with one attached hydrogen (secondary N) is 2. The van der Waals surface area contributed by atoms with Crippen LogP contribution in [0.25, 0.3) is 16.9 Å². The topological polar surface area (TPSA) is 95.9 Å². The van der Waals surface area contributed by atoms with E-state index in [1.54, 1.807) is 16.9 Å². The second kappa shape index (κ2) is 4.41. The van der Waals surface area contributed by atoms with Gasteiger partial charge in [0.15, 0.2) is 5.65 Å². The normalized spacial score (nSPS) is 23.3. The first-order valence-electron chi connectivity index (χ1n) is 7.87. The predicted molar refractivity (Wildman–Crippen MR) is 83.2 cm³/mol. The Hall–Kier alpha value is -2.70. The Morgan fingerprint density at radius 1 is 1.26 bits per heavy atom. The van der Waals surface area contributed by atoms with Crippen molar-refractivity contribution in [2.75, 3.05) is 0 Å². The van der Waals surface area contributed by atoms with Gasteiger partial charge in [-0.1, -0.05) is 0 Å². The molecule has 7 heteroatoms. The molecule has 2 aliphatic carbocycles. The van der Waals surface area contributed by atoms with E-state index in [9.17, 15) is 9.59 Å². The van der Waals surface area contributed by atoms with Crippen molar-refractivity contribution in [3.63, 3.8) is 0 Å². The summed E-state index contributed by atoms with van der Waals surface area (Å²) in [6.45, 7) is 0. The van der Waals surface area contributed by atoms with Crippen molar-refractivity contribution in [1.82, 2.24) is 24.6 Å². The van der Waals surface area contributed by atoms with Gasteiger partial charge in [0.2, 0.25) is 0 Å². The van der Waals surface area contributed by atoms with Crippen LogP contribution in [-0.2, 0) is 0 Å². The molecule has 2 aliphatic rings. The van der Waals surface area contributed by atoms with E-state index < -0.39 is 11.2 Å². The third-order valence-electron chi connectivity index (χ3n) is 4.95. The molecule has 2 N–H and O–H groups in total. The highest BCUT2D eigenvalue weighted by Crippen LogP contribution is 2.59. The molecule has 0 amide bonds. The molecule has 3 aromatic heterocycles. The Bertz CT molecular complexity index is 1030. The molecular weight excluding hydrogens is 294 g/mol. The molecule has 0 radical (unpaired) electrons. The number of fused-ring (bicyclic) bond motifs is 1. The van der Waals surface area contributed by atoms with E-state index in [4.69, 9.17) is 0 Å². The molecule has 0 aliphatic heterocycles. The smallest absolute Gasteiger partial charge is 0.313 e. The highest BCUT2D eigenvalue weighted by molar-refractivity contribution is 5.63.